The van der Waals surface area contributed by atoms with E-state index in [9.17, 15) is 0 Å². The third-order valence-electron chi connectivity index (χ3n) is 2.97. The molecule has 4 nitrogen and oxygen atoms in total. The minimum atomic E-state index is 0.334. The Kier molecular flexibility index (Phi) is 7.73. The van der Waals surface area contributed by atoms with Crippen LogP contribution in [0, 0.1) is 0 Å². The predicted molar refractivity (Wildman–Crippen MR) is 91.0 cm³/mol. The molecule has 1 atom stereocenters. The highest BCUT2D eigenvalue weighted by atomic mass is 32.2. The Morgan fingerprint density at radius 1 is 1.20 bits per heavy atom. The Bertz CT molecular complexity index is 395. The second-order valence-corrected chi connectivity index (χ2v) is 6.39. The Morgan fingerprint density at radius 3 is 2.50 bits per heavy atom. The molecule has 0 fully saturated rings. The first-order chi connectivity index (χ1) is 9.56. The number of anilines is 2. The van der Waals surface area contributed by atoms with Gasteiger partial charge in [0.05, 0.1) is 0 Å². The van der Waals surface area contributed by atoms with Gasteiger partial charge >= 0.3 is 0 Å². The average Bonchev–Trinajstić information content (AvgIpc) is 2.42. The van der Waals surface area contributed by atoms with Crippen molar-refractivity contribution in [1.82, 2.24) is 9.97 Å². The molecule has 0 saturated heterocycles. The van der Waals surface area contributed by atoms with E-state index >= 15 is 0 Å². The lowest BCUT2D eigenvalue weighted by Gasteiger charge is -2.16. The molecule has 2 N–H and O–H groups in total. The first-order valence-corrected chi connectivity index (χ1v) is 8.84. The lowest BCUT2D eigenvalue weighted by molar-refractivity contribution is 0.745. The third-order valence-corrected chi connectivity index (χ3v) is 3.61. The quantitative estimate of drug-likeness (QED) is 0.722. The van der Waals surface area contributed by atoms with Gasteiger partial charge in [0.25, 0.3) is 0 Å². The van der Waals surface area contributed by atoms with Crippen LogP contribution in [-0.4, -0.2) is 34.6 Å². The topological polar surface area (TPSA) is 49.8 Å². The molecule has 1 aromatic heterocycles. The summed E-state index contributed by atoms with van der Waals surface area (Å²) in [6.45, 7) is 9.55. The van der Waals surface area contributed by atoms with Crippen LogP contribution < -0.4 is 10.6 Å². The van der Waals surface area contributed by atoms with Gasteiger partial charge in [-0.1, -0.05) is 20.8 Å². The van der Waals surface area contributed by atoms with Gasteiger partial charge in [0, 0.05) is 24.6 Å². The molecule has 0 aliphatic heterocycles. The summed E-state index contributed by atoms with van der Waals surface area (Å²) in [5.74, 6) is 4.24. The van der Waals surface area contributed by atoms with Gasteiger partial charge in [-0.3, -0.25) is 0 Å². The Labute approximate surface area is 127 Å². The molecule has 0 spiro atoms. The minimum Gasteiger partial charge on any atom is -0.370 e. The van der Waals surface area contributed by atoms with Crippen LogP contribution in [0.4, 0.5) is 11.6 Å². The fourth-order valence-electron chi connectivity index (χ4n) is 1.76. The summed E-state index contributed by atoms with van der Waals surface area (Å²) >= 11 is 1.88. The minimum absolute atomic E-state index is 0.334. The van der Waals surface area contributed by atoms with Gasteiger partial charge in [0.15, 0.2) is 0 Å². The van der Waals surface area contributed by atoms with Gasteiger partial charge in [-0.2, -0.15) is 11.8 Å². The molecule has 0 saturated carbocycles. The van der Waals surface area contributed by atoms with E-state index in [4.69, 9.17) is 0 Å². The molecule has 0 bridgehead atoms. The summed E-state index contributed by atoms with van der Waals surface area (Å²) in [6.07, 6.45) is 4.37. The van der Waals surface area contributed by atoms with Crippen molar-refractivity contribution in [2.24, 2.45) is 0 Å². The summed E-state index contributed by atoms with van der Waals surface area (Å²) in [5, 5.41) is 6.84. The van der Waals surface area contributed by atoms with Gasteiger partial charge in [0.1, 0.15) is 17.5 Å². The predicted octanol–water partition coefficient (Wildman–Crippen LogP) is 3.98. The number of aromatic nitrogens is 2. The summed E-state index contributed by atoms with van der Waals surface area (Å²) in [4.78, 5) is 9.19. The van der Waals surface area contributed by atoms with Crippen LogP contribution in [0.1, 0.15) is 52.3 Å². The second-order valence-electron chi connectivity index (χ2n) is 5.40. The molecule has 1 rings (SSSR count). The molecule has 5 heteroatoms. The van der Waals surface area contributed by atoms with Crippen molar-refractivity contribution in [2.75, 3.05) is 29.2 Å². The highest BCUT2D eigenvalue weighted by Gasteiger charge is 2.09. The van der Waals surface area contributed by atoms with E-state index in [0.717, 1.165) is 42.6 Å². The fourth-order valence-corrected chi connectivity index (χ4v) is 2.35. The van der Waals surface area contributed by atoms with Crippen LogP contribution in [0.3, 0.4) is 0 Å². The highest BCUT2D eigenvalue weighted by Crippen LogP contribution is 2.18. The highest BCUT2D eigenvalue weighted by molar-refractivity contribution is 7.98. The molecule has 0 aliphatic carbocycles. The van der Waals surface area contributed by atoms with Crippen molar-refractivity contribution >= 4 is 23.4 Å². The van der Waals surface area contributed by atoms with Crippen LogP contribution in [0.15, 0.2) is 6.07 Å². The summed E-state index contributed by atoms with van der Waals surface area (Å²) in [6, 6.07) is 2.44. The zero-order chi connectivity index (χ0) is 15.0. The lowest BCUT2D eigenvalue weighted by atomic mass is 10.2. The van der Waals surface area contributed by atoms with Gasteiger partial charge in [-0.25, -0.2) is 9.97 Å². The first kappa shape index (κ1) is 17.1. The molecule has 20 heavy (non-hydrogen) atoms. The van der Waals surface area contributed by atoms with Crippen molar-refractivity contribution in [2.45, 2.75) is 52.5 Å². The van der Waals surface area contributed by atoms with E-state index in [1.165, 1.54) is 0 Å². The summed E-state index contributed by atoms with van der Waals surface area (Å²) in [7, 11) is 0. The smallest absolute Gasteiger partial charge is 0.135 e. The van der Waals surface area contributed by atoms with Crippen molar-refractivity contribution in [3.63, 3.8) is 0 Å². The molecule has 0 aliphatic rings. The maximum atomic E-state index is 4.62. The number of nitrogens with zero attached hydrogens (tertiary/aromatic N) is 2. The Balaban J connectivity index is 2.79. The Hall–Kier alpha value is -0.970. The van der Waals surface area contributed by atoms with Crippen molar-refractivity contribution in [3.05, 3.63) is 11.9 Å². The Morgan fingerprint density at radius 2 is 1.90 bits per heavy atom. The molecule has 0 radical (unpaired) electrons. The summed E-state index contributed by atoms with van der Waals surface area (Å²) < 4.78 is 0. The van der Waals surface area contributed by atoms with Gasteiger partial charge in [-0.05, 0) is 31.8 Å². The van der Waals surface area contributed by atoms with Gasteiger partial charge in [-0.15, -0.1) is 0 Å². The molecule has 1 heterocycles. The second kappa shape index (κ2) is 9.06. The standard InChI is InChI=1S/C15H28N4S/c1-6-8-16-13-10-14(17-12(4)7-9-20-5)19-15(18-13)11(2)3/h10-12H,6-9H2,1-5H3,(H2,16,17,18,19). The molecular weight excluding hydrogens is 268 g/mol. The van der Waals surface area contributed by atoms with E-state index in [0.29, 0.717) is 12.0 Å². The van der Waals surface area contributed by atoms with Gasteiger partial charge < -0.3 is 10.6 Å². The SMILES string of the molecule is CCCNc1cc(NC(C)CCSC)nc(C(C)C)n1. The number of hydrogen-bond donors (Lipinski definition) is 2. The van der Waals surface area contributed by atoms with E-state index < -0.39 is 0 Å². The third kappa shape index (κ3) is 5.99. The van der Waals surface area contributed by atoms with Crippen LogP contribution in [0.25, 0.3) is 0 Å². The zero-order valence-electron chi connectivity index (χ0n) is 13.4. The van der Waals surface area contributed by atoms with Crippen molar-refractivity contribution in [1.29, 1.82) is 0 Å². The number of rotatable bonds is 9. The van der Waals surface area contributed by atoms with Crippen LogP contribution >= 0.6 is 11.8 Å². The fraction of sp³-hybridized carbons (Fsp3) is 0.733. The molecule has 0 aromatic carbocycles. The number of thioether (sulfide) groups is 1. The average molecular weight is 296 g/mol. The maximum Gasteiger partial charge on any atom is 0.135 e. The van der Waals surface area contributed by atoms with Crippen molar-refractivity contribution in [3.8, 4) is 0 Å². The van der Waals surface area contributed by atoms with Gasteiger partial charge in [0.2, 0.25) is 0 Å². The normalized spacial score (nSPS) is 12.5. The van der Waals surface area contributed by atoms with E-state index in [1.54, 1.807) is 0 Å². The summed E-state index contributed by atoms with van der Waals surface area (Å²) in [5.41, 5.74) is 0. The molecule has 1 aromatic rings. The van der Waals surface area contributed by atoms with E-state index in [-0.39, 0.29) is 0 Å². The monoisotopic (exact) mass is 296 g/mol. The molecule has 114 valence electrons. The van der Waals surface area contributed by atoms with E-state index in [2.05, 4.69) is 54.6 Å². The van der Waals surface area contributed by atoms with Crippen LogP contribution in [0.5, 0.6) is 0 Å². The first-order valence-electron chi connectivity index (χ1n) is 7.45. The molecular formula is C15H28N4S. The zero-order valence-corrected chi connectivity index (χ0v) is 14.2. The van der Waals surface area contributed by atoms with Crippen molar-refractivity contribution < 1.29 is 0 Å². The number of hydrogen-bond acceptors (Lipinski definition) is 5. The largest absolute Gasteiger partial charge is 0.370 e. The lowest BCUT2D eigenvalue weighted by Crippen LogP contribution is -2.18. The maximum absolute atomic E-state index is 4.62. The molecule has 0 amide bonds. The number of nitrogens with one attached hydrogen (secondary N) is 2. The van der Waals surface area contributed by atoms with Crippen LogP contribution in [-0.2, 0) is 0 Å². The van der Waals surface area contributed by atoms with Crippen LogP contribution in [0.2, 0.25) is 0 Å². The molecule has 1 unspecified atom stereocenters. The van der Waals surface area contributed by atoms with E-state index in [1.807, 2.05) is 17.8 Å².